The van der Waals surface area contributed by atoms with Gasteiger partial charge in [-0.25, -0.2) is 0 Å². The topological polar surface area (TPSA) is 51.1 Å². The summed E-state index contributed by atoms with van der Waals surface area (Å²) in [7, 11) is 1.91. The van der Waals surface area contributed by atoms with Gasteiger partial charge in [-0.05, 0) is 42.0 Å². The lowest BCUT2D eigenvalue weighted by Gasteiger charge is -2.27. The molecule has 1 atom stereocenters. The molecular formula is C10H14Cl2N4O. The second-order valence-corrected chi connectivity index (χ2v) is 4.81. The third-order valence-electron chi connectivity index (χ3n) is 2.70. The third kappa shape index (κ3) is 3.66. The van der Waals surface area contributed by atoms with Crippen molar-refractivity contribution in [3.8, 4) is 0 Å². The quantitative estimate of drug-likeness (QED) is 0.846. The van der Waals surface area contributed by atoms with Crippen LogP contribution in [0.1, 0.15) is 12.8 Å². The fourth-order valence-corrected chi connectivity index (χ4v) is 2.26. The number of hydrogen-bond donors (Lipinski definition) is 0. The molecule has 0 bridgehead atoms. The molecule has 0 amide bonds. The average Bonchev–Trinajstić information content (AvgIpc) is 2.29. The summed E-state index contributed by atoms with van der Waals surface area (Å²) in [6, 6.07) is 0. The molecule has 1 aliphatic heterocycles. The molecule has 0 aromatic carbocycles. The van der Waals surface area contributed by atoms with Gasteiger partial charge in [0.2, 0.25) is 16.5 Å². The smallest absolute Gasteiger partial charge is 0.230 e. The second-order valence-electron chi connectivity index (χ2n) is 4.14. The van der Waals surface area contributed by atoms with Crippen LogP contribution in [-0.2, 0) is 4.74 Å². The number of hydrogen-bond acceptors (Lipinski definition) is 5. The van der Waals surface area contributed by atoms with Crippen LogP contribution in [0, 0.1) is 5.92 Å². The van der Waals surface area contributed by atoms with Crippen molar-refractivity contribution in [1.29, 1.82) is 0 Å². The van der Waals surface area contributed by atoms with Gasteiger partial charge in [-0.2, -0.15) is 15.0 Å². The van der Waals surface area contributed by atoms with Gasteiger partial charge in [-0.3, -0.25) is 0 Å². The van der Waals surface area contributed by atoms with Crippen molar-refractivity contribution < 1.29 is 4.74 Å². The van der Waals surface area contributed by atoms with Gasteiger partial charge in [0.15, 0.2) is 0 Å². The first-order valence-corrected chi connectivity index (χ1v) is 6.26. The monoisotopic (exact) mass is 276 g/mol. The molecular weight excluding hydrogens is 263 g/mol. The molecule has 94 valence electrons. The van der Waals surface area contributed by atoms with Crippen molar-refractivity contribution in [2.24, 2.45) is 5.92 Å². The molecule has 1 aromatic rings. The van der Waals surface area contributed by atoms with Gasteiger partial charge < -0.3 is 9.64 Å². The van der Waals surface area contributed by atoms with Gasteiger partial charge in [0.05, 0.1) is 6.61 Å². The highest BCUT2D eigenvalue weighted by Gasteiger charge is 2.18. The minimum absolute atomic E-state index is 0.117. The molecule has 1 unspecified atom stereocenters. The average molecular weight is 277 g/mol. The van der Waals surface area contributed by atoms with Crippen molar-refractivity contribution in [3.05, 3.63) is 10.6 Å². The van der Waals surface area contributed by atoms with Crippen LogP contribution in [0.25, 0.3) is 0 Å². The van der Waals surface area contributed by atoms with E-state index in [1.165, 1.54) is 0 Å². The van der Waals surface area contributed by atoms with E-state index in [1.807, 2.05) is 11.9 Å². The fraction of sp³-hybridized carbons (Fsp3) is 0.700. The Labute approximate surface area is 110 Å². The first-order valence-electron chi connectivity index (χ1n) is 5.51. The summed E-state index contributed by atoms with van der Waals surface area (Å²) in [5.41, 5.74) is 0. The summed E-state index contributed by atoms with van der Waals surface area (Å²) in [6.07, 6.45) is 2.27. The predicted octanol–water partition coefficient (Wildman–Crippen LogP) is 2.04. The highest BCUT2D eigenvalue weighted by molar-refractivity contribution is 6.31. The van der Waals surface area contributed by atoms with Crippen LogP contribution in [0.4, 0.5) is 5.95 Å². The number of anilines is 1. The Balaban J connectivity index is 2.00. The second kappa shape index (κ2) is 5.80. The highest BCUT2D eigenvalue weighted by Crippen LogP contribution is 2.18. The van der Waals surface area contributed by atoms with E-state index in [9.17, 15) is 0 Å². The summed E-state index contributed by atoms with van der Waals surface area (Å²) >= 11 is 11.5. The van der Waals surface area contributed by atoms with Crippen LogP contribution in [0.2, 0.25) is 10.6 Å². The fourth-order valence-electron chi connectivity index (χ4n) is 1.91. The third-order valence-corrected chi connectivity index (χ3v) is 3.04. The summed E-state index contributed by atoms with van der Waals surface area (Å²) in [5, 5.41) is 0.235. The van der Waals surface area contributed by atoms with E-state index in [-0.39, 0.29) is 10.6 Å². The molecule has 0 saturated carbocycles. The molecule has 0 spiro atoms. The van der Waals surface area contributed by atoms with E-state index in [4.69, 9.17) is 27.9 Å². The molecule has 17 heavy (non-hydrogen) atoms. The maximum Gasteiger partial charge on any atom is 0.230 e. The normalized spacial score (nSPS) is 20.3. The Hall–Kier alpha value is -0.650. The maximum absolute atomic E-state index is 5.74. The molecule has 7 heteroatoms. The Morgan fingerprint density at radius 2 is 2.00 bits per heavy atom. The van der Waals surface area contributed by atoms with E-state index in [2.05, 4.69) is 15.0 Å². The zero-order chi connectivity index (χ0) is 12.3. The van der Waals surface area contributed by atoms with Crippen LogP contribution in [0.3, 0.4) is 0 Å². The van der Waals surface area contributed by atoms with Crippen molar-refractivity contribution in [1.82, 2.24) is 15.0 Å². The summed E-state index contributed by atoms with van der Waals surface area (Å²) in [5.74, 6) is 1.00. The molecule has 5 nitrogen and oxygen atoms in total. The van der Waals surface area contributed by atoms with Gasteiger partial charge in [0, 0.05) is 20.2 Å². The number of rotatable bonds is 3. The van der Waals surface area contributed by atoms with Crippen molar-refractivity contribution in [2.45, 2.75) is 12.8 Å². The minimum Gasteiger partial charge on any atom is -0.381 e. The van der Waals surface area contributed by atoms with Crippen LogP contribution >= 0.6 is 23.2 Å². The van der Waals surface area contributed by atoms with Gasteiger partial charge in [-0.15, -0.1) is 0 Å². The molecule has 2 rings (SSSR count). The van der Waals surface area contributed by atoms with E-state index in [1.54, 1.807) is 0 Å². The highest BCUT2D eigenvalue weighted by atomic mass is 35.5. The number of aromatic nitrogens is 3. The summed E-state index contributed by atoms with van der Waals surface area (Å²) in [6.45, 7) is 2.48. The summed E-state index contributed by atoms with van der Waals surface area (Å²) in [4.78, 5) is 13.7. The zero-order valence-corrected chi connectivity index (χ0v) is 11.1. The predicted molar refractivity (Wildman–Crippen MR) is 66.7 cm³/mol. The number of nitrogens with zero attached hydrogens (tertiary/aromatic N) is 4. The Morgan fingerprint density at radius 3 is 2.59 bits per heavy atom. The molecule has 1 fully saturated rings. The van der Waals surface area contributed by atoms with Crippen LogP contribution < -0.4 is 4.90 Å². The zero-order valence-electron chi connectivity index (χ0n) is 9.57. The van der Waals surface area contributed by atoms with Gasteiger partial charge in [0.1, 0.15) is 0 Å². The lowest BCUT2D eigenvalue weighted by molar-refractivity contribution is 0.0575. The van der Waals surface area contributed by atoms with Gasteiger partial charge in [0.25, 0.3) is 0 Å². The number of ether oxygens (including phenoxy) is 1. The molecule has 1 aliphatic rings. The van der Waals surface area contributed by atoms with Gasteiger partial charge >= 0.3 is 0 Å². The Bertz CT molecular complexity index is 364. The molecule has 0 radical (unpaired) electrons. The lowest BCUT2D eigenvalue weighted by Crippen LogP contribution is -2.32. The molecule has 0 N–H and O–H groups in total. The van der Waals surface area contributed by atoms with Crippen molar-refractivity contribution in [3.63, 3.8) is 0 Å². The van der Waals surface area contributed by atoms with Crippen LogP contribution in [-0.4, -0.2) is 41.8 Å². The largest absolute Gasteiger partial charge is 0.381 e. The first kappa shape index (κ1) is 12.8. The standard InChI is InChI=1S/C10H14Cl2N4O/c1-16(5-7-3-2-4-17-6-7)10-14-8(11)13-9(12)15-10/h7H,2-6H2,1H3. The molecule has 1 aromatic heterocycles. The number of halogens is 2. The van der Waals surface area contributed by atoms with Crippen molar-refractivity contribution in [2.75, 3.05) is 31.7 Å². The van der Waals surface area contributed by atoms with E-state index >= 15 is 0 Å². The van der Waals surface area contributed by atoms with Crippen LogP contribution in [0.15, 0.2) is 0 Å². The lowest BCUT2D eigenvalue weighted by atomic mass is 10.0. The molecule has 1 saturated heterocycles. The van der Waals surface area contributed by atoms with E-state index < -0.39 is 0 Å². The van der Waals surface area contributed by atoms with E-state index in [0.29, 0.717) is 11.9 Å². The van der Waals surface area contributed by atoms with E-state index in [0.717, 1.165) is 32.6 Å². The van der Waals surface area contributed by atoms with Crippen molar-refractivity contribution >= 4 is 29.2 Å². The van der Waals surface area contributed by atoms with Gasteiger partial charge in [-0.1, -0.05) is 0 Å². The first-order chi connectivity index (χ1) is 8.15. The molecule has 0 aliphatic carbocycles. The SMILES string of the molecule is CN(CC1CCCOC1)c1nc(Cl)nc(Cl)n1. The summed E-state index contributed by atoms with van der Waals surface area (Å²) < 4.78 is 5.43. The minimum atomic E-state index is 0.117. The Kier molecular flexibility index (Phi) is 4.36. The maximum atomic E-state index is 5.74. The van der Waals surface area contributed by atoms with Crippen LogP contribution in [0.5, 0.6) is 0 Å². The molecule has 2 heterocycles. The Morgan fingerprint density at radius 1 is 1.29 bits per heavy atom.